The maximum Gasteiger partial charge on any atom is 0.500 e. The van der Waals surface area contributed by atoms with Crippen molar-refractivity contribution in [3.8, 4) is 0 Å². The Morgan fingerprint density at radius 2 is 1.50 bits per heavy atom. The number of carbonyl (C=O) groups excluding carboxylic acids is 1. The Morgan fingerprint density at radius 1 is 0.955 bits per heavy atom. The lowest BCUT2D eigenvalue weighted by Gasteiger charge is -2.29. The molecule has 0 rings (SSSR count). The summed E-state index contributed by atoms with van der Waals surface area (Å²) in [6, 6.07) is 0.803. The van der Waals surface area contributed by atoms with Crippen molar-refractivity contribution in [3.05, 3.63) is 0 Å². The highest BCUT2D eigenvalue weighted by molar-refractivity contribution is 6.60. The highest BCUT2D eigenvalue weighted by Crippen LogP contribution is 2.18. The fourth-order valence-corrected chi connectivity index (χ4v) is 4.89. The van der Waals surface area contributed by atoms with Gasteiger partial charge >= 0.3 is 14.8 Å². The van der Waals surface area contributed by atoms with Gasteiger partial charge in [-0.05, 0) is 40.3 Å². The Labute approximate surface area is 136 Å². The quantitative estimate of drug-likeness (QED) is 0.359. The Kier molecular flexibility index (Phi) is 12.7. The summed E-state index contributed by atoms with van der Waals surface area (Å²) < 4.78 is 22.2. The van der Waals surface area contributed by atoms with Crippen LogP contribution >= 0.6 is 0 Å². The van der Waals surface area contributed by atoms with Crippen molar-refractivity contribution in [2.75, 3.05) is 46.6 Å². The summed E-state index contributed by atoms with van der Waals surface area (Å²) in [4.78, 5) is 13.5. The van der Waals surface area contributed by atoms with E-state index < -0.39 is 8.80 Å². The van der Waals surface area contributed by atoms with Crippen molar-refractivity contribution < 1.29 is 22.8 Å². The van der Waals surface area contributed by atoms with Crippen LogP contribution in [0.25, 0.3) is 0 Å². The predicted octanol–water partition coefficient (Wildman–Crippen LogP) is 2.31. The van der Waals surface area contributed by atoms with Gasteiger partial charge in [-0.25, -0.2) is 0 Å². The van der Waals surface area contributed by atoms with Gasteiger partial charge in [0.15, 0.2) is 0 Å². The third-order valence-electron chi connectivity index (χ3n) is 3.36. The lowest BCUT2D eigenvalue weighted by Crippen LogP contribution is -2.46. The van der Waals surface area contributed by atoms with Gasteiger partial charge in [0.2, 0.25) is 0 Å². The van der Waals surface area contributed by atoms with E-state index in [-0.39, 0.29) is 5.97 Å². The first-order valence-electron chi connectivity index (χ1n) is 8.28. The summed E-state index contributed by atoms with van der Waals surface area (Å²) in [7, 11) is -1.12. The molecule has 0 aliphatic heterocycles. The molecule has 132 valence electrons. The van der Waals surface area contributed by atoms with Crippen LogP contribution in [0.4, 0.5) is 0 Å². The average molecular weight is 336 g/mol. The average Bonchev–Trinajstić information content (AvgIpc) is 2.51. The lowest BCUT2D eigenvalue weighted by molar-refractivity contribution is -0.140. The van der Waals surface area contributed by atoms with E-state index in [4.69, 9.17) is 13.3 Å². The largest absolute Gasteiger partial charge is 0.500 e. The summed E-state index contributed by atoms with van der Waals surface area (Å²) in [6.45, 7) is 12.3. The molecule has 0 saturated heterocycles. The maximum atomic E-state index is 11.2. The smallest absolute Gasteiger partial charge is 0.469 e. The number of hydrogen-bond donors (Lipinski definition) is 0. The minimum absolute atomic E-state index is 0.167. The summed E-state index contributed by atoms with van der Waals surface area (Å²) in [6.07, 6.45) is 1.36. The molecule has 0 aliphatic carbocycles. The van der Waals surface area contributed by atoms with Gasteiger partial charge in [0.1, 0.15) is 0 Å². The predicted molar refractivity (Wildman–Crippen MR) is 88.8 cm³/mol. The zero-order valence-corrected chi connectivity index (χ0v) is 15.9. The zero-order valence-electron chi connectivity index (χ0n) is 14.9. The van der Waals surface area contributed by atoms with E-state index in [0.29, 0.717) is 26.2 Å². The Balaban J connectivity index is 4.34. The van der Waals surface area contributed by atoms with Crippen molar-refractivity contribution in [1.82, 2.24) is 4.90 Å². The first kappa shape index (κ1) is 21.5. The molecular weight excluding hydrogens is 302 g/mol. The molecule has 0 radical (unpaired) electrons. The van der Waals surface area contributed by atoms with Crippen LogP contribution in [-0.4, -0.2) is 66.2 Å². The molecule has 0 spiro atoms. The van der Waals surface area contributed by atoms with Crippen LogP contribution in [0.3, 0.4) is 0 Å². The molecule has 7 heteroatoms. The third-order valence-corrected chi connectivity index (χ3v) is 6.51. The molecule has 6 nitrogen and oxygen atoms in total. The minimum atomic E-state index is -2.55. The highest BCUT2D eigenvalue weighted by atomic mass is 28.4. The molecule has 0 heterocycles. The summed E-state index contributed by atoms with van der Waals surface area (Å²) >= 11 is 0. The Morgan fingerprint density at radius 3 is 1.91 bits per heavy atom. The van der Waals surface area contributed by atoms with Gasteiger partial charge in [-0.3, -0.25) is 4.79 Å². The molecule has 0 atom stereocenters. The Hall–Kier alpha value is -0.473. The van der Waals surface area contributed by atoms with Gasteiger partial charge in [0.05, 0.1) is 13.5 Å². The van der Waals surface area contributed by atoms with E-state index in [0.717, 1.165) is 32.1 Å². The number of nitrogens with zero attached hydrogens (tertiary/aromatic N) is 1. The molecule has 0 aromatic carbocycles. The third kappa shape index (κ3) is 8.85. The summed E-state index contributed by atoms with van der Waals surface area (Å²) in [5.41, 5.74) is 0. The molecule has 22 heavy (non-hydrogen) atoms. The molecule has 0 unspecified atom stereocenters. The van der Waals surface area contributed by atoms with E-state index in [1.165, 1.54) is 7.11 Å². The highest BCUT2D eigenvalue weighted by Gasteiger charge is 2.39. The molecule has 0 bridgehead atoms. The lowest BCUT2D eigenvalue weighted by atomic mass is 10.3. The standard InChI is InChI=1S/C15H33NO5Si/c1-6-16(13-11-15(17)18-5)12-10-14-22(19-7-2,20-8-3)21-9-4/h6-14H2,1-5H3. The number of ether oxygens (including phenoxy) is 1. The van der Waals surface area contributed by atoms with E-state index in [9.17, 15) is 4.79 Å². The molecule has 0 fully saturated rings. The Bertz CT molecular complexity index is 274. The van der Waals surface area contributed by atoms with Crippen LogP contribution in [-0.2, 0) is 22.8 Å². The monoisotopic (exact) mass is 335 g/mol. The van der Waals surface area contributed by atoms with Crippen LogP contribution in [0.15, 0.2) is 0 Å². The van der Waals surface area contributed by atoms with E-state index in [2.05, 4.69) is 16.6 Å². The second-order valence-corrected chi connectivity index (χ2v) is 7.58. The van der Waals surface area contributed by atoms with E-state index in [1.807, 2.05) is 20.8 Å². The molecule has 0 N–H and O–H groups in total. The maximum absolute atomic E-state index is 11.2. The molecule has 0 amide bonds. The number of esters is 1. The van der Waals surface area contributed by atoms with Crippen LogP contribution in [0.2, 0.25) is 6.04 Å². The first-order chi connectivity index (χ1) is 10.6. The second kappa shape index (κ2) is 13.0. The van der Waals surface area contributed by atoms with Crippen LogP contribution in [0.5, 0.6) is 0 Å². The van der Waals surface area contributed by atoms with Gasteiger partial charge in [-0.15, -0.1) is 0 Å². The summed E-state index contributed by atoms with van der Waals surface area (Å²) in [5.74, 6) is -0.167. The molecule has 0 aromatic heterocycles. The number of carbonyl (C=O) groups is 1. The van der Waals surface area contributed by atoms with Gasteiger partial charge in [-0.1, -0.05) is 6.92 Å². The fraction of sp³-hybridized carbons (Fsp3) is 0.933. The van der Waals surface area contributed by atoms with Crippen LogP contribution < -0.4 is 0 Å². The topological polar surface area (TPSA) is 57.2 Å². The van der Waals surface area contributed by atoms with Gasteiger partial charge < -0.3 is 22.9 Å². The summed E-state index contributed by atoms with van der Waals surface area (Å²) in [5, 5.41) is 0. The number of hydrogen-bond acceptors (Lipinski definition) is 6. The van der Waals surface area contributed by atoms with Crippen LogP contribution in [0.1, 0.15) is 40.5 Å². The van der Waals surface area contributed by atoms with E-state index >= 15 is 0 Å². The van der Waals surface area contributed by atoms with Gasteiger partial charge in [0.25, 0.3) is 0 Å². The molecule has 0 aliphatic rings. The number of methoxy groups -OCH3 is 1. The van der Waals surface area contributed by atoms with Crippen molar-refractivity contribution >= 4 is 14.8 Å². The van der Waals surface area contributed by atoms with Crippen molar-refractivity contribution in [2.24, 2.45) is 0 Å². The molecular formula is C15H33NO5Si. The second-order valence-electron chi connectivity index (χ2n) is 4.85. The molecule has 0 aromatic rings. The molecule has 0 saturated carbocycles. The van der Waals surface area contributed by atoms with Gasteiger partial charge in [0, 0.05) is 32.4 Å². The fourth-order valence-electron chi connectivity index (χ4n) is 2.30. The number of rotatable bonds is 14. The minimum Gasteiger partial charge on any atom is -0.469 e. The van der Waals surface area contributed by atoms with E-state index in [1.54, 1.807) is 0 Å². The normalized spacial score (nSPS) is 11.9. The SMILES string of the molecule is CCO[Si](CCCN(CC)CCC(=O)OC)(OCC)OCC. The van der Waals surface area contributed by atoms with Crippen molar-refractivity contribution in [3.63, 3.8) is 0 Å². The zero-order chi connectivity index (χ0) is 16.8. The van der Waals surface area contributed by atoms with Crippen LogP contribution in [0, 0.1) is 0 Å². The first-order valence-corrected chi connectivity index (χ1v) is 10.2. The van der Waals surface area contributed by atoms with Crippen molar-refractivity contribution in [1.29, 1.82) is 0 Å². The van der Waals surface area contributed by atoms with Gasteiger partial charge in [-0.2, -0.15) is 0 Å². The van der Waals surface area contributed by atoms with Crippen molar-refractivity contribution in [2.45, 2.75) is 46.6 Å².